The molecule has 0 heterocycles. The highest BCUT2D eigenvalue weighted by molar-refractivity contribution is 5.87. The van der Waals surface area contributed by atoms with Crippen LogP contribution in [0.15, 0.2) is 48.0 Å². The lowest BCUT2D eigenvalue weighted by molar-refractivity contribution is 0.415. The van der Waals surface area contributed by atoms with Crippen LogP contribution in [0, 0.1) is 0 Å². The fourth-order valence-corrected chi connectivity index (χ4v) is 2.71. The van der Waals surface area contributed by atoms with Gasteiger partial charge < -0.3 is 10.1 Å². The Morgan fingerprint density at radius 3 is 2.71 bits per heavy atom. The van der Waals surface area contributed by atoms with Gasteiger partial charge in [0.25, 0.3) is 0 Å². The molecule has 0 amide bonds. The molecular weight excluding hydrogens is 258 g/mol. The molecule has 0 aliphatic carbocycles. The number of ether oxygens (including phenoxy) is 1. The van der Waals surface area contributed by atoms with Crippen LogP contribution in [0.2, 0.25) is 0 Å². The van der Waals surface area contributed by atoms with Crippen molar-refractivity contribution in [3.8, 4) is 5.75 Å². The van der Waals surface area contributed by atoms with Crippen LogP contribution in [-0.4, -0.2) is 19.7 Å². The molecule has 1 unspecified atom stereocenters. The molecule has 21 heavy (non-hydrogen) atoms. The van der Waals surface area contributed by atoms with Crippen LogP contribution in [0.4, 0.5) is 0 Å². The Hall–Kier alpha value is -1.80. The van der Waals surface area contributed by atoms with Gasteiger partial charge in [-0.25, -0.2) is 0 Å². The molecule has 0 bridgehead atoms. The third-order valence-electron chi connectivity index (χ3n) is 3.62. The molecule has 1 atom stereocenters. The van der Waals surface area contributed by atoms with E-state index in [4.69, 9.17) is 4.74 Å². The first kappa shape index (κ1) is 15.6. The van der Waals surface area contributed by atoms with Crippen LogP contribution in [0.3, 0.4) is 0 Å². The zero-order valence-electron chi connectivity index (χ0n) is 13.4. The number of hydrogen-bond acceptors (Lipinski definition) is 2. The number of fused-ring (bicyclic) bond motifs is 1. The molecule has 0 radical (unpaired) electrons. The summed E-state index contributed by atoms with van der Waals surface area (Å²) in [5.41, 5.74) is 2.70. The largest absolute Gasteiger partial charge is 0.497 e. The van der Waals surface area contributed by atoms with Gasteiger partial charge in [0.1, 0.15) is 5.75 Å². The minimum atomic E-state index is 0.372. The van der Waals surface area contributed by atoms with Crippen LogP contribution in [0.1, 0.15) is 26.3 Å². The number of rotatable bonds is 6. The molecule has 0 saturated heterocycles. The molecule has 0 aromatic heterocycles. The Morgan fingerprint density at radius 2 is 2.05 bits per heavy atom. The van der Waals surface area contributed by atoms with Crippen molar-refractivity contribution in [3.05, 3.63) is 53.6 Å². The average Bonchev–Trinajstić information content (AvgIpc) is 2.46. The van der Waals surface area contributed by atoms with Gasteiger partial charge in [0.15, 0.2) is 0 Å². The second-order valence-electron chi connectivity index (χ2n) is 5.62. The van der Waals surface area contributed by atoms with E-state index in [2.05, 4.69) is 62.5 Å². The molecule has 2 nitrogen and oxygen atoms in total. The maximum atomic E-state index is 5.37. The van der Waals surface area contributed by atoms with Gasteiger partial charge in [-0.2, -0.15) is 0 Å². The number of nitrogens with one attached hydrogen (secondary N) is 1. The second-order valence-corrected chi connectivity index (χ2v) is 5.62. The van der Waals surface area contributed by atoms with Gasteiger partial charge in [-0.1, -0.05) is 42.8 Å². The molecule has 0 saturated carbocycles. The van der Waals surface area contributed by atoms with Gasteiger partial charge in [-0.3, -0.25) is 0 Å². The van der Waals surface area contributed by atoms with Crippen molar-refractivity contribution < 1.29 is 4.74 Å². The summed E-state index contributed by atoms with van der Waals surface area (Å²) in [5.74, 6) is 0.914. The summed E-state index contributed by atoms with van der Waals surface area (Å²) >= 11 is 0. The number of allylic oxidation sites excluding steroid dienone is 1. The minimum Gasteiger partial charge on any atom is -0.497 e. The number of benzene rings is 2. The number of methoxy groups -OCH3 is 1. The van der Waals surface area contributed by atoms with Gasteiger partial charge in [0.05, 0.1) is 7.11 Å². The van der Waals surface area contributed by atoms with Crippen LogP contribution < -0.4 is 10.1 Å². The predicted octanol–water partition coefficient (Wildman–Crippen LogP) is 4.34. The summed E-state index contributed by atoms with van der Waals surface area (Å²) in [6, 6.07) is 13.2. The van der Waals surface area contributed by atoms with Gasteiger partial charge in [0, 0.05) is 6.04 Å². The highest BCUT2D eigenvalue weighted by Gasteiger charge is 2.09. The van der Waals surface area contributed by atoms with Crippen molar-refractivity contribution in [3.63, 3.8) is 0 Å². The van der Waals surface area contributed by atoms with E-state index in [0.29, 0.717) is 6.04 Å². The highest BCUT2D eigenvalue weighted by Crippen LogP contribution is 2.25. The van der Waals surface area contributed by atoms with E-state index in [1.807, 2.05) is 6.07 Å². The lowest BCUT2D eigenvalue weighted by atomic mass is 9.97. The molecule has 0 aliphatic rings. The first-order valence-electron chi connectivity index (χ1n) is 7.58. The summed E-state index contributed by atoms with van der Waals surface area (Å²) in [6.45, 7) is 7.42. The van der Waals surface area contributed by atoms with Crippen LogP contribution in [-0.2, 0) is 6.42 Å². The highest BCUT2D eigenvalue weighted by atomic mass is 16.5. The molecule has 0 aliphatic heterocycles. The van der Waals surface area contributed by atoms with Crippen molar-refractivity contribution in [1.82, 2.24) is 5.32 Å². The van der Waals surface area contributed by atoms with Gasteiger partial charge in [-0.15, -0.1) is 0 Å². The van der Waals surface area contributed by atoms with E-state index in [-0.39, 0.29) is 0 Å². The third kappa shape index (κ3) is 4.08. The summed E-state index contributed by atoms with van der Waals surface area (Å²) in [4.78, 5) is 0. The predicted molar refractivity (Wildman–Crippen MR) is 91.1 cm³/mol. The fraction of sp³-hybridized carbons (Fsp3) is 0.368. The van der Waals surface area contributed by atoms with E-state index in [0.717, 1.165) is 18.7 Å². The third-order valence-corrected chi connectivity index (χ3v) is 3.62. The number of hydrogen-bond donors (Lipinski definition) is 1. The van der Waals surface area contributed by atoms with Crippen LogP contribution in [0.25, 0.3) is 10.8 Å². The average molecular weight is 283 g/mol. The van der Waals surface area contributed by atoms with E-state index in [9.17, 15) is 0 Å². The molecule has 2 aromatic carbocycles. The summed E-state index contributed by atoms with van der Waals surface area (Å²) in [6.07, 6.45) is 3.30. The van der Waals surface area contributed by atoms with Crippen LogP contribution in [0.5, 0.6) is 5.75 Å². The van der Waals surface area contributed by atoms with E-state index < -0.39 is 0 Å². The molecule has 2 rings (SSSR count). The molecule has 1 N–H and O–H groups in total. The number of likely N-dealkylation sites (N-methyl/N-ethyl adjacent to an activating group) is 1. The monoisotopic (exact) mass is 283 g/mol. The van der Waals surface area contributed by atoms with Gasteiger partial charge in [-0.05, 0) is 55.3 Å². The van der Waals surface area contributed by atoms with Gasteiger partial charge >= 0.3 is 0 Å². The lowest BCUT2D eigenvalue weighted by Crippen LogP contribution is -2.29. The molecule has 0 spiro atoms. The van der Waals surface area contributed by atoms with Crippen LogP contribution >= 0.6 is 0 Å². The first-order valence-corrected chi connectivity index (χ1v) is 7.58. The van der Waals surface area contributed by atoms with Crippen molar-refractivity contribution in [2.24, 2.45) is 0 Å². The Morgan fingerprint density at radius 1 is 1.24 bits per heavy atom. The van der Waals surface area contributed by atoms with E-state index in [1.165, 1.54) is 21.9 Å². The maximum absolute atomic E-state index is 5.37. The normalized spacial score (nSPS) is 12.2. The van der Waals surface area contributed by atoms with Crippen molar-refractivity contribution in [1.29, 1.82) is 0 Å². The topological polar surface area (TPSA) is 21.3 Å². The lowest BCUT2D eigenvalue weighted by Gasteiger charge is -2.16. The van der Waals surface area contributed by atoms with Crippen molar-refractivity contribution in [2.75, 3.05) is 13.7 Å². The zero-order chi connectivity index (χ0) is 15.2. The summed E-state index contributed by atoms with van der Waals surface area (Å²) < 4.78 is 5.37. The minimum absolute atomic E-state index is 0.372. The Bertz CT molecular complexity index is 626. The molecule has 0 fully saturated rings. The maximum Gasteiger partial charge on any atom is 0.119 e. The molecule has 112 valence electrons. The molecular formula is C19H25NO. The van der Waals surface area contributed by atoms with Gasteiger partial charge in [0.2, 0.25) is 0 Å². The Labute approximate surface area is 127 Å². The second kappa shape index (κ2) is 7.28. The van der Waals surface area contributed by atoms with E-state index in [1.54, 1.807) is 7.11 Å². The SMILES string of the molecule is CCNC(C=C(C)C)Cc1cccc2ccc(OC)cc12. The smallest absolute Gasteiger partial charge is 0.119 e. The zero-order valence-corrected chi connectivity index (χ0v) is 13.4. The fourth-order valence-electron chi connectivity index (χ4n) is 2.71. The molecule has 2 aromatic rings. The quantitative estimate of drug-likeness (QED) is 0.796. The van der Waals surface area contributed by atoms with Crippen molar-refractivity contribution >= 4 is 10.8 Å². The molecule has 2 heteroatoms. The summed E-state index contributed by atoms with van der Waals surface area (Å²) in [5, 5.41) is 6.09. The Kier molecular flexibility index (Phi) is 5.40. The van der Waals surface area contributed by atoms with Crippen molar-refractivity contribution in [2.45, 2.75) is 33.2 Å². The first-order chi connectivity index (χ1) is 10.1. The Balaban J connectivity index is 2.37. The standard InChI is InChI=1S/C19H25NO/c1-5-20-17(11-14(2)3)12-16-8-6-7-15-9-10-18(21-4)13-19(15)16/h6-11,13,17,20H,5,12H2,1-4H3. The summed E-state index contributed by atoms with van der Waals surface area (Å²) in [7, 11) is 1.72. The van der Waals surface area contributed by atoms with E-state index >= 15 is 0 Å².